The molecule has 0 bridgehead atoms. The number of hydrogen-bond acceptors (Lipinski definition) is 4. The van der Waals surface area contributed by atoms with Crippen molar-refractivity contribution in [3.05, 3.63) is 94.6 Å². The molecule has 0 aliphatic carbocycles. The number of unbranched alkanes of at least 4 members (excludes halogenated alkanes) is 3. The maximum absolute atomic E-state index is 5.10. The highest BCUT2D eigenvalue weighted by atomic mass is 32.1. The number of nitrogens with zero attached hydrogens (tertiary/aromatic N) is 3. The van der Waals surface area contributed by atoms with E-state index in [1.165, 1.54) is 78.1 Å². The minimum Gasteiger partial charge on any atom is -0.340 e. The average Bonchev–Trinajstić information content (AvgIpc) is 3.73. The van der Waals surface area contributed by atoms with Crippen LogP contribution in [0.1, 0.15) is 54.4 Å². The van der Waals surface area contributed by atoms with E-state index in [0.717, 1.165) is 40.1 Å². The Labute approximate surface area is 261 Å². The molecule has 43 heavy (non-hydrogen) atoms. The predicted molar refractivity (Wildman–Crippen MR) is 188 cm³/mol. The first-order valence-corrected chi connectivity index (χ1v) is 17.0. The lowest BCUT2D eigenvalue weighted by atomic mass is 10.0. The minimum absolute atomic E-state index is 0.984. The molecule has 0 amide bonds. The van der Waals surface area contributed by atoms with Gasteiger partial charge in [-0.15, -0.1) is 22.7 Å². The van der Waals surface area contributed by atoms with Gasteiger partial charge in [-0.3, -0.25) is 0 Å². The maximum Gasteiger partial charge on any atom is 0.0983 e. The standard InChI is InChI=1S/C38H37N3S2/c1-6-7-8-9-20-41-32-21-23(2)10-13-28(32)29-14-12-27(22-33(29)41)34-18-19-36(43-34)31-16-15-30(35-17-11-24(3)42-35)37-38(31)40-26(5)25(4)39-37/h10-19,21-22H,6-9,20H2,1-5H3. The topological polar surface area (TPSA) is 30.7 Å². The Kier molecular flexibility index (Phi) is 7.40. The molecular weight excluding hydrogens is 563 g/mol. The molecule has 0 spiro atoms. The minimum atomic E-state index is 0.984. The zero-order valence-corrected chi connectivity index (χ0v) is 27.3. The molecule has 3 nitrogen and oxygen atoms in total. The van der Waals surface area contributed by atoms with Gasteiger partial charge >= 0.3 is 0 Å². The van der Waals surface area contributed by atoms with E-state index in [-0.39, 0.29) is 0 Å². The fourth-order valence-corrected chi connectivity index (χ4v) is 8.14. The molecule has 216 valence electrons. The van der Waals surface area contributed by atoms with Crippen molar-refractivity contribution >= 4 is 55.5 Å². The van der Waals surface area contributed by atoms with Crippen LogP contribution in [-0.4, -0.2) is 14.5 Å². The van der Waals surface area contributed by atoms with Crippen LogP contribution in [0.2, 0.25) is 0 Å². The van der Waals surface area contributed by atoms with E-state index in [4.69, 9.17) is 9.97 Å². The lowest BCUT2D eigenvalue weighted by Gasteiger charge is -2.11. The summed E-state index contributed by atoms with van der Waals surface area (Å²) in [6, 6.07) is 27.3. The molecule has 0 aliphatic rings. The molecule has 4 heterocycles. The Hall–Kier alpha value is -3.80. The van der Waals surface area contributed by atoms with Crippen LogP contribution < -0.4 is 0 Å². The van der Waals surface area contributed by atoms with E-state index < -0.39 is 0 Å². The van der Waals surface area contributed by atoms with Gasteiger partial charge in [0.2, 0.25) is 0 Å². The Morgan fingerprint density at radius 2 is 1.23 bits per heavy atom. The second kappa shape index (κ2) is 11.4. The summed E-state index contributed by atoms with van der Waals surface area (Å²) < 4.78 is 2.56. The number of aromatic nitrogens is 3. The molecule has 0 aliphatic heterocycles. The van der Waals surface area contributed by atoms with E-state index in [9.17, 15) is 0 Å². The van der Waals surface area contributed by atoms with Crippen LogP contribution in [-0.2, 0) is 6.54 Å². The van der Waals surface area contributed by atoms with Crippen molar-refractivity contribution in [3.63, 3.8) is 0 Å². The molecule has 0 atom stereocenters. The molecule has 7 rings (SSSR count). The van der Waals surface area contributed by atoms with Gasteiger partial charge in [0.15, 0.2) is 0 Å². The van der Waals surface area contributed by atoms with E-state index in [1.54, 1.807) is 0 Å². The van der Waals surface area contributed by atoms with Crippen molar-refractivity contribution in [3.8, 4) is 31.3 Å². The highest BCUT2D eigenvalue weighted by Crippen LogP contribution is 2.42. The third kappa shape index (κ3) is 5.09. The van der Waals surface area contributed by atoms with Crippen molar-refractivity contribution in [1.29, 1.82) is 0 Å². The second-order valence-electron chi connectivity index (χ2n) is 11.8. The van der Waals surface area contributed by atoms with Crippen molar-refractivity contribution in [1.82, 2.24) is 14.5 Å². The summed E-state index contributed by atoms with van der Waals surface area (Å²) in [5, 5.41) is 2.70. The number of benzene rings is 3. The average molecular weight is 600 g/mol. The van der Waals surface area contributed by atoms with Gasteiger partial charge in [0, 0.05) is 59.0 Å². The molecule has 5 heteroatoms. The van der Waals surface area contributed by atoms with Crippen LogP contribution in [0.15, 0.2) is 72.8 Å². The van der Waals surface area contributed by atoms with Gasteiger partial charge in [0.1, 0.15) is 0 Å². The second-order valence-corrected chi connectivity index (χ2v) is 14.2. The Bertz CT molecular complexity index is 2120. The van der Waals surface area contributed by atoms with Crippen molar-refractivity contribution in [2.75, 3.05) is 0 Å². The highest BCUT2D eigenvalue weighted by Gasteiger charge is 2.17. The van der Waals surface area contributed by atoms with Gasteiger partial charge in [0.25, 0.3) is 0 Å². The molecule has 4 aromatic heterocycles. The van der Waals surface area contributed by atoms with E-state index in [1.807, 2.05) is 22.7 Å². The molecular formula is C38H37N3S2. The highest BCUT2D eigenvalue weighted by molar-refractivity contribution is 7.19. The predicted octanol–water partition coefficient (Wildman–Crippen LogP) is 11.7. The first-order chi connectivity index (χ1) is 20.9. The SMILES string of the molecule is CCCCCCn1c2cc(C)ccc2c2ccc(-c3ccc(-c4ccc(-c5ccc(C)s5)c5nc(C)c(C)nc45)s3)cc21. The number of fused-ring (bicyclic) bond motifs is 4. The summed E-state index contributed by atoms with van der Waals surface area (Å²) >= 11 is 3.66. The maximum atomic E-state index is 5.10. The van der Waals surface area contributed by atoms with Crippen LogP contribution >= 0.6 is 22.7 Å². The Morgan fingerprint density at radius 3 is 1.91 bits per heavy atom. The number of thiophene rings is 2. The van der Waals surface area contributed by atoms with Gasteiger partial charge in [-0.1, -0.05) is 62.6 Å². The van der Waals surface area contributed by atoms with Crippen LogP contribution in [0, 0.1) is 27.7 Å². The van der Waals surface area contributed by atoms with Gasteiger partial charge in [-0.25, -0.2) is 9.97 Å². The molecule has 3 aromatic carbocycles. The zero-order chi connectivity index (χ0) is 29.7. The summed E-state index contributed by atoms with van der Waals surface area (Å²) in [6.45, 7) is 11.8. The van der Waals surface area contributed by atoms with Crippen molar-refractivity contribution in [2.45, 2.75) is 66.8 Å². The lowest BCUT2D eigenvalue weighted by Crippen LogP contribution is -1.98. The van der Waals surface area contributed by atoms with Crippen molar-refractivity contribution < 1.29 is 0 Å². The summed E-state index contributed by atoms with van der Waals surface area (Å²) in [6.07, 6.45) is 5.04. The largest absolute Gasteiger partial charge is 0.340 e. The van der Waals surface area contributed by atoms with Gasteiger partial charge in [-0.05, 0) is 81.6 Å². The molecule has 0 saturated carbocycles. The fraction of sp³-hybridized carbons (Fsp3) is 0.263. The third-order valence-electron chi connectivity index (χ3n) is 8.65. The van der Waals surface area contributed by atoms with Gasteiger partial charge in [-0.2, -0.15) is 0 Å². The number of aryl methyl sites for hydroxylation is 5. The van der Waals surface area contributed by atoms with Gasteiger partial charge in [0.05, 0.1) is 22.4 Å². The third-order valence-corrected chi connectivity index (χ3v) is 10.9. The first kappa shape index (κ1) is 28.0. The Balaban J connectivity index is 1.32. The summed E-state index contributed by atoms with van der Waals surface area (Å²) in [4.78, 5) is 15.2. The number of hydrogen-bond donors (Lipinski definition) is 0. The van der Waals surface area contributed by atoms with E-state index >= 15 is 0 Å². The smallest absolute Gasteiger partial charge is 0.0983 e. The Morgan fingerprint density at radius 1 is 0.605 bits per heavy atom. The zero-order valence-electron chi connectivity index (χ0n) is 25.6. The first-order valence-electron chi connectivity index (χ1n) is 15.4. The normalized spacial score (nSPS) is 11.8. The summed E-state index contributed by atoms with van der Waals surface area (Å²) in [5.41, 5.74) is 11.5. The summed E-state index contributed by atoms with van der Waals surface area (Å²) in [7, 11) is 0. The molecule has 0 radical (unpaired) electrons. The van der Waals surface area contributed by atoms with Crippen molar-refractivity contribution in [2.24, 2.45) is 0 Å². The van der Waals surface area contributed by atoms with E-state index in [2.05, 4.69) is 112 Å². The molecule has 0 N–H and O–H groups in total. The van der Waals surface area contributed by atoms with E-state index in [0.29, 0.717) is 0 Å². The quantitative estimate of drug-likeness (QED) is 0.163. The lowest BCUT2D eigenvalue weighted by molar-refractivity contribution is 0.602. The fourth-order valence-electron chi connectivity index (χ4n) is 6.21. The number of rotatable bonds is 8. The van der Waals surface area contributed by atoms with Crippen LogP contribution in [0.25, 0.3) is 64.2 Å². The monoisotopic (exact) mass is 599 g/mol. The molecule has 0 fully saturated rings. The molecule has 7 aromatic rings. The van der Waals surface area contributed by atoms with Crippen LogP contribution in [0.3, 0.4) is 0 Å². The molecule has 0 saturated heterocycles. The molecule has 0 unspecified atom stereocenters. The van der Waals surface area contributed by atoms with Gasteiger partial charge < -0.3 is 4.57 Å². The van der Waals surface area contributed by atoms with Crippen LogP contribution in [0.5, 0.6) is 0 Å². The summed E-state index contributed by atoms with van der Waals surface area (Å²) in [5.74, 6) is 0. The van der Waals surface area contributed by atoms with Crippen LogP contribution in [0.4, 0.5) is 0 Å².